The van der Waals surface area contributed by atoms with E-state index in [9.17, 15) is 13.6 Å². The molecule has 1 aliphatic heterocycles. The molecule has 1 amide bonds. The smallest absolute Gasteiger partial charge is 0.255 e. The van der Waals surface area contributed by atoms with Crippen LogP contribution in [0, 0.1) is 11.6 Å². The number of hydrogen-bond acceptors (Lipinski definition) is 4. The molecule has 3 aromatic rings. The van der Waals surface area contributed by atoms with Crippen LogP contribution in [-0.4, -0.2) is 34.1 Å². The normalized spacial score (nSPS) is 17.0. The maximum absolute atomic E-state index is 14.0. The average Bonchev–Trinajstić information content (AvgIpc) is 3.18. The molecule has 0 N–H and O–H groups in total. The van der Waals surface area contributed by atoms with Crippen LogP contribution in [0.4, 0.5) is 8.78 Å². The van der Waals surface area contributed by atoms with Crippen molar-refractivity contribution in [2.45, 2.75) is 18.8 Å². The summed E-state index contributed by atoms with van der Waals surface area (Å²) in [5.74, 6) is -1.02. The molecule has 0 spiro atoms. The molecule has 1 fully saturated rings. The maximum Gasteiger partial charge on any atom is 0.255 e. The molecule has 0 aliphatic carbocycles. The van der Waals surface area contributed by atoms with Gasteiger partial charge in [0.2, 0.25) is 0 Å². The van der Waals surface area contributed by atoms with E-state index in [2.05, 4.69) is 10.2 Å². The lowest BCUT2D eigenvalue weighted by Crippen LogP contribution is -2.39. The molecule has 1 aliphatic rings. The summed E-state index contributed by atoms with van der Waals surface area (Å²) in [6.07, 6.45) is 1.68. The van der Waals surface area contributed by atoms with Gasteiger partial charge in [-0.05, 0) is 43.2 Å². The number of nitrogens with zero attached hydrogens (tertiary/aromatic N) is 3. The number of likely N-dealkylation sites (tertiary alicyclic amines) is 1. The van der Waals surface area contributed by atoms with Crippen LogP contribution in [0.15, 0.2) is 42.5 Å². The Kier molecular flexibility index (Phi) is 5.37. The van der Waals surface area contributed by atoms with Gasteiger partial charge in [-0.2, -0.15) is 0 Å². The first-order chi connectivity index (χ1) is 13.5. The summed E-state index contributed by atoms with van der Waals surface area (Å²) in [5.41, 5.74) is 0.709. The monoisotopic (exact) mass is 419 g/mol. The third-order valence-electron chi connectivity index (χ3n) is 4.76. The molecule has 0 saturated carbocycles. The molecule has 8 heteroatoms. The molecular formula is C20H16ClF2N3OS. The Morgan fingerprint density at radius 3 is 2.79 bits per heavy atom. The van der Waals surface area contributed by atoms with Crippen molar-refractivity contribution in [3.05, 3.63) is 69.7 Å². The molecule has 0 bridgehead atoms. The number of rotatable bonds is 3. The predicted octanol–water partition coefficient (Wildman–Crippen LogP) is 5.16. The van der Waals surface area contributed by atoms with Gasteiger partial charge in [0.25, 0.3) is 5.91 Å². The number of halogens is 3. The minimum absolute atomic E-state index is 0.0231. The Labute approximate surface area is 169 Å². The van der Waals surface area contributed by atoms with Crippen LogP contribution >= 0.6 is 22.9 Å². The van der Waals surface area contributed by atoms with Gasteiger partial charge in [-0.1, -0.05) is 35.1 Å². The molecule has 2 aromatic carbocycles. The lowest BCUT2D eigenvalue weighted by molar-refractivity contribution is 0.0707. The number of amides is 1. The third-order valence-corrected chi connectivity index (χ3v) is 6.20. The summed E-state index contributed by atoms with van der Waals surface area (Å²) in [4.78, 5) is 14.5. The summed E-state index contributed by atoms with van der Waals surface area (Å²) < 4.78 is 27.3. The molecule has 4 nitrogen and oxygen atoms in total. The van der Waals surface area contributed by atoms with Crippen LogP contribution in [0.3, 0.4) is 0 Å². The number of piperidine rings is 1. The van der Waals surface area contributed by atoms with Gasteiger partial charge >= 0.3 is 0 Å². The largest absolute Gasteiger partial charge is 0.338 e. The summed E-state index contributed by atoms with van der Waals surface area (Å²) in [7, 11) is 0. The van der Waals surface area contributed by atoms with E-state index < -0.39 is 5.82 Å². The molecule has 1 unspecified atom stereocenters. The zero-order valence-electron chi connectivity index (χ0n) is 14.7. The molecule has 1 atom stereocenters. The molecule has 4 rings (SSSR count). The highest BCUT2D eigenvalue weighted by Gasteiger charge is 2.29. The second-order valence-corrected chi connectivity index (χ2v) is 8.06. The zero-order valence-corrected chi connectivity index (χ0v) is 16.3. The first kappa shape index (κ1) is 19.0. The van der Waals surface area contributed by atoms with Gasteiger partial charge < -0.3 is 4.90 Å². The molecular weight excluding hydrogens is 404 g/mol. The van der Waals surface area contributed by atoms with Crippen molar-refractivity contribution < 1.29 is 13.6 Å². The van der Waals surface area contributed by atoms with E-state index in [1.165, 1.54) is 29.5 Å². The van der Waals surface area contributed by atoms with Crippen LogP contribution in [0.5, 0.6) is 0 Å². The van der Waals surface area contributed by atoms with E-state index in [4.69, 9.17) is 11.6 Å². The van der Waals surface area contributed by atoms with E-state index in [0.717, 1.165) is 23.9 Å². The number of carbonyl (C=O) groups excluding carboxylic acids is 1. The van der Waals surface area contributed by atoms with Gasteiger partial charge in [0, 0.05) is 24.6 Å². The van der Waals surface area contributed by atoms with E-state index >= 15 is 0 Å². The fourth-order valence-corrected chi connectivity index (χ4v) is 4.58. The average molecular weight is 420 g/mol. The van der Waals surface area contributed by atoms with Gasteiger partial charge in [0.15, 0.2) is 5.01 Å². The summed E-state index contributed by atoms with van der Waals surface area (Å²) in [5, 5.41) is 9.78. The van der Waals surface area contributed by atoms with Crippen LogP contribution in [0.25, 0.3) is 10.6 Å². The van der Waals surface area contributed by atoms with Gasteiger partial charge in [-0.15, -0.1) is 10.2 Å². The second-order valence-electron chi connectivity index (χ2n) is 6.64. The van der Waals surface area contributed by atoms with Gasteiger partial charge in [-0.25, -0.2) is 8.78 Å². The van der Waals surface area contributed by atoms with E-state index in [1.807, 2.05) is 0 Å². The van der Waals surface area contributed by atoms with Crippen molar-refractivity contribution >= 4 is 28.8 Å². The Balaban J connectivity index is 1.53. The topological polar surface area (TPSA) is 46.1 Å². The van der Waals surface area contributed by atoms with Crippen LogP contribution in [0.1, 0.15) is 34.1 Å². The minimum Gasteiger partial charge on any atom is -0.338 e. The minimum atomic E-state index is -0.479. The lowest BCUT2D eigenvalue weighted by atomic mass is 9.98. The Bertz CT molecular complexity index is 1030. The highest BCUT2D eigenvalue weighted by molar-refractivity contribution is 7.14. The Morgan fingerprint density at radius 1 is 1.18 bits per heavy atom. The Hall–Kier alpha value is -2.38. The Morgan fingerprint density at radius 2 is 2.00 bits per heavy atom. The van der Waals surface area contributed by atoms with Crippen molar-refractivity contribution in [1.29, 1.82) is 0 Å². The standard InChI is InChI=1S/C20H16ClF2N3OS/c21-16-10-13(22)7-8-14(16)20(27)26-9-3-4-12(11-26)18-24-25-19(28-18)15-5-1-2-6-17(15)23/h1-2,5-8,10,12H,3-4,9,11H2. The van der Waals surface area contributed by atoms with E-state index in [1.54, 1.807) is 23.1 Å². The zero-order chi connectivity index (χ0) is 19.7. The first-order valence-electron chi connectivity index (χ1n) is 8.85. The molecule has 0 radical (unpaired) electrons. The van der Waals surface area contributed by atoms with Crippen molar-refractivity contribution in [1.82, 2.24) is 15.1 Å². The van der Waals surface area contributed by atoms with Crippen LogP contribution in [0.2, 0.25) is 5.02 Å². The summed E-state index contributed by atoms with van der Waals surface area (Å²) >= 11 is 7.39. The molecule has 144 valence electrons. The SMILES string of the molecule is O=C(c1ccc(F)cc1Cl)N1CCCC(c2nnc(-c3ccccc3F)s2)C1. The second kappa shape index (κ2) is 7.93. The highest BCUT2D eigenvalue weighted by Crippen LogP contribution is 2.34. The van der Waals surface area contributed by atoms with Gasteiger partial charge in [0.1, 0.15) is 16.6 Å². The van der Waals surface area contributed by atoms with Crippen molar-refractivity contribution in [2.24, 2.45) is 0 Å². The number of hydrogen-bond donors (Lipinski definition) is 0. The molecule has 2 heterocycles. The molecule has 1 aromatic heterocycles. The van der Waals surface area contributed by atoms with Crippen LogP contribution in [-0.2, 0) is 0 Å². The first-order valence-corrected chi connectivity index (χ1v) is 10.0. The van der Waals surface area contributed by atoms with E-state index in [0.29, 0.717) is 23.7 Å². The fourth-order valence-electron chi connectivity index (χ4n) is 3.34. The summed E-state index contributed by atoms with van der Waals surface area (Å²) in [6, 6.07) is 10.2. The predicted molar refractivity (Wildman–Crippen MR) is 105 cm³/mol. The van der Waals surface area contributed by atoms with Crippen LogP contribution < -0.4 is 0 Å². The van der Waals surface area contributed by atoms with Gasteiger partial charge in [0.05, 0.1) is 10.6 Å². The number of benzene rings is 2. The lowest BCUT2D eigenvalue weighted by Gasteiger charge is -2.31. The number of aromatic nitrogens is 2. The molecule has 1 saturated heterocycles. The van der Waals surface area contributed by atoms with E-state index in [-0.39, 0.29) is 28.2 Å². The van der Waals surface area contributed by atoms with Crippen molar-refractivity contribution in [3.63, 3.8) is 0 Å². The summed E-state index contributed by atoms with van der Waals surface area (Å²) in [6.45, 7) is 1.07. The quantitative estimate of drug-likeness (QED) is 0.589. The van der Waals surface area contributed by atoms with Gasteiger partial charge in [-0.3, -0.25) is 4.79 Å². The fraction of sp³-hybridized carbons (Fsp3) is 0.250. The van der Waals surface area contributed by atoms with Crippen molar-refractivity contribution in [3.8, 4) is 10.6 Å². The number of carbonyl (C=O) groups is 1. The van der Waals surface area contributed by atoms with Crippen molar-refractivity contribution in [2.75, 3.05) is 13.1 Å². The third kappa shape index (κ3) is 3.77. The molecule has 28 heavy (non-hydrogen) atoms. The maximum atomic E-state index is 14.0. The highest BCUT2D eigenvalue weighted by atomic mass is 35.5.